The lowest BCUT2D eigenvalue weighted by Gasteiger charge is -2.51. The van der Waals surface area contributed by atoms with Gasteiger partial charge in [-0.05, 0) is 153 Å². The van der Waals surface area contributed by atoms with Gasteiger partial charge >= 0.3 is 12.4 Å². The van der Waals surface area contributed by atoms with E-state index >= 15 is 33.6 Å². The van der Waals surface area contributed by atoms with E-state index in [2.05, 4.69) is 10.6 Å². The van der Waals surface area contributed by atoms with Gasteiger partial charge in [0.1, 0.15) is 53.9 Å². The maximum Gasteiger partial charge on any atom is 0.393 e. The molecule has 3 aliphatic heterocycles. The molecule has 4 saturated carbocycles. The van der Waals surface area contributed by atoms with Crippen molar-refractivity contribution in [2.24, 2.45) is 35.5 Å². The van der Waals surface area contributed by atoms with Crippen molar-refractivity contribution in [1.82, 2.24) is 59.6 Å². The maximum absolute atomic E-state index is 15.8. The van der Waals surface area contributed by atoms with Crippen molar-refractivity contribution in [3.8, 4) is 0 Å². The lowest BCUT2D eigenvalue weighted by Crippen LogP contribution is -2.68. The molecule has 26 nitrogen and oxygen atoms in total. The van der Waals surface area contributed by atoms with Crippen LogP contribution in [0.15, 0.2) is 12.2 Å². The topological polar surface area (TPSA) is 280 Å². The molecule has 0 radical (unpaired) electrons. The molecule has 111 heavy (non-hydrogen) atoms. The van der Waals surface area contributed by atoms with Crippen LogP contribution in [0, 0.1) is 35.5 Å². The number of hydrogen-bond acceptors (Lipinski definition) is 14. The zero-order valence-corrected chi connectivity index (χ0v) is 68.1. The normalized spacial score (nSPS) is 30.8. The fourth-order valence-electron chi connectivity index (χ4n) is 17.5. The molecule has 3 unspecified atom stereocenters. The number of rotatable bonds is 17. The summed E-state index contributed by atoms with van der Waals surface area (Å²) in [6.45, 7) is 7.29. The Labute approximate surface area is 655 Å². The van der Waals surface area contributed by atoms with Gasteiger partial charge in [0.15, 0.2) is 0 Å². The Morgan fingerprint density at radius 2 is 1.31 bits per heavy atom. The van der Waals surface area contributed by atoms with Crippen molar-refractivity contribution in [3.05, 3.63) is 12.2 Å². The summed E-state index contributed by atoms with van der Waals surface area (Å²) in [5.74, 6) is -14.3. The van der Waals surface area contributed by atoms with Crippen LogP contribution in [0.2, 0.25) is 0 Å². The Morgan fingerprint density at radius 1 is 0.658 bits per heavy atom. The van der Waals surface area contributed by atoms with Gasteiger partial charge in [-0.3, -0.25) is 57.5 Å². The highest BCUT2D eigenvalue weighted by molar-refractivity contribution is 6.21. The third-order valence-electron chi connectivity index (χ3n) is 24.9. The van der Waals surface area contributed by atoms with Gasteiger partial charge in [-0.15, -0.1) is 11.6 Å². The number of ether oxygens (including phenoxy) is 2. The SMILES string of the molecule is CCCOC[C@H]1C(=O)N[C@@H]([C@@H](C)CC)C(=O)N(C)CC(=O)N(C)[C@H]2C/C=C\CCN(C2=O)[C@@H](CC2CCC(C(F)(F)F)CC2)C(=O)N(C)CC(=O)N[C@@H](CCC2CCC(C(F)(F)F)C(Cl)C2)C(=O)N2C[C@H](OCC)C[C@H]2C(=O)N(C)C2(CCC2)C(=O)N(C)[C@@H](C2CCCC2)C(=O)N(C)[C@H](C(=O)N(C)CCC)CC(=O)N1C. The highest BCUT2D eigenvalue weighted by atomic mass is 35.5. The molecule has 12 amide bonds. The van der Waals surface area contributed by atoms with E-state index in [-0.39, 0.29) is 136 Å². The van der Waals surface area contributed by atoms with Gasteiger partial charge in [0.25, 0.3) is 0 Å². The minimum Gasteiger partial charge on any atom is -0.379 e. The zero-order chi connectivity index (χ0) is 82.3. The van der Waals surface area contributed by atoms with E-state index in [0.29, 0.717) is 51.4 Å². The zero-order valence-electron chi connectivity index (χ0n) is 67.4. The largest absolute Gasteiger partial charge is 0.393 e. The summed E-state index contributed by atoms with van der Waals surface area (Å²) >= 11 is 6.45. The van der Waals surface area contributed by atoms with Gasteiger partial charge in [-0.25, -0.2) is 0 Å². The number of carbonyl (C=O) groups excluding carboxylic acids is 12. The van der Waals surface area contributed by atoms with Crippen LogP contribution in [-0.4, -0.2) is 307 Å². The molecule has 2 N–H and O–H groups in total. The quantitative estimate of drug-likeness (QED) is 0.0632. The van der Waals surface area contributed by atoms with Crippen molar-refractivity contribution >= 4 is 82.5 Å². The summed E-state index contributed by atoms with van der Waals surface area (Å²) in [6, 6.07) is -11.2. The van der Waals surface area contributed by atoms with Crippen LogP contribution in [-0.2, 0) is 67.0 Å². The molecule has 7 aliphatic rings. The summed E-state index contributed by atoms with van der Waals surface area (Å²) in [4.78, 5) is 196. The molecule has 33 heteroatoms. The first-order valence-electron chi connectivity index (χ1n) is 40.2. The molecule has 2 bridgehead atoms. The van der Waals surface area contributed by atoms with Crippen LogP contribution in [0.3, 0.4) is 0 Å². The number of nitrogens with zero attached hydrogens (tertiary/aromatic N) is 10. The number of fused-ring (bicyclic) bond motifs is 3. The molecule has 0 aromatic rings. The average molecular weight is 1600 g/mol. The average Bonchev–Trinajstić information content (AvgIpc) is 1.71. The molecular weight excluding hydrogens is 1480 g/mol. The molecule has 628 valence electrons. The van der Waals surface area contributed by atoms with E-state index in [9.17, 15) is 50.3 Å². The molecule has 1 spiro atoms. The number of likely N-dealkylation sites (N-methyl/N-ethyl adjacent to an activating group) is 8. The Morgan fingerprint density at radius 3 is 1.89 bits per heavy atom. The number of hydrogen-bond donors (Lipinski definition) is 2. The molecule has 13 atom stereocenters. The molecule has 7 rings (SSSR count). The third-order valence-corrected chi connectivity index (χ3v) is 25.4. The summed E-state index contributed by atoms with van der Waals surface area (Å²) in [6.07, 6.45) is -3.63. The molecule has 0 aromatic carbocycles. The number of nitrogens with one attached hydrogen (secondary N) is 2. The Hall–Kier alpha value is -6.83. The second-order valence-corrected chi connectivity index (χ2v) is 33.0. The van der Waals surface area contributed by atoms with Crippen LogP contribution >= 0.6 is 11.6 Å². The summed E-state index contributed by atoms with van der Waals surface area (Å²) in [5.41, 5.74) is -1.60. The maximum atomic E-state index is 15.8. The lowest BCUT2D eigenvalue weighted by atomic mass is 9.73. The van der Waals surface area contributed by atoms with Gasteiger partial charge in [0.05, 0.1) is 44.1 Å². The Kier molecular flexibility index (Phi) is 33.3. The minimum atomic E-state index is -4.58. The second-order valence-electron chi connectivity index (χ2n) is 32.4. The molecule has 4 aliphatic carbocycles. The van der Waals surface area contributed by atoms with Crippen LogP contribution in [0.5, 0.6) is 0 Å². The molecule has 3 heterocycles. The van der Waals surface area contributed by atoms with E-state index < -0.39 is 204 Å². The van der Waals surface area contributed by atoms with Crippen LogP contribution < -0.4 is 10.6 Å². The number of halogens is 7. The molecule has 6 fully saturated rings. The fourth-order valence-corrected chi connectivity index (χ4v) is 18.0. The van der Waals surface area contributed by atoms with E-state index in [0.717, 1.165) is 19.6 Å². The Balaban J connectivity index is 1.34. The van der Waals surface area contributed by atoms with Gasteiger partial charge in [0, 0.05) is 101 Å². The monoisotopic (exact) mass is 1600 g/mol. The molecule has 2 saturated heterocycles. The Bertz CT molecular complexity index is 3280. The smallest absolute Gasteiger partial charge is 0.379 e. The second kappa shape index (κ2) is 40.5. The van der Waals surface area contributed by atoms with E-state index in [1.54, 1.807) is 32.9 Å². The van der Waals surface area contributed by atoms with Crippen LogP contribution in [0.1, 0.15) is 189 Å². The van der Waals surface area contributed by atoms with Crippen LogP contribution in [0.4, 0.5) is 26.3 Å². The van der Waals surface area contributed by atoms with E-state index in [1.807, 2.05) is 13.8 Å². The predicted molar refractivity (Wildman–Crippen MR) is 401 cm³/mol. The van der Waals surface area contributed by atoms with Crippen molar-refractivity contribution in [3.63, 3.8) is 0 Å². The van der Waals surface area contributed by atoms with Gasteiger partial charge in [-0.1, -0.05) is 59.1 Å². The minimum absolute atomic E-state index is 0.0301. The molecular formula is C78H123ClF6N12O14. The summed E-state index contributed by atoms with van der Waals surface area (Å²) in [5, 5.41) is 4.32. The fraction of sp³-hybridized carbons (Fsp3) is 0.821. The number of carbonyl (C=O) groups is 12. The highest BCUT2D eigenvalue weighted by Crippen LogP contribution is 2.46. The first kappa shape index (κ1) is 91.4. The summed E-state index contributed by atoms with van der Waals surface area (Å²) in [7, 11) is 11.1. The molecule has 0 aromatic heterocycles. The van der Waals surface area contributed by atoms with Gasteiger partial charge in [0.2, 0.25) is 70.9 Å². The van der Waals surface area contributed by atoms with Crippen molar-refractivity contribution in [2.75, 3.05) is 109 Å². The van der Waals surface area contributed by atoms with Gasteiger partial charge < -0.3 is 69.1 Å². The standard InChI is InChI=1S/C78H123ClF6N12O14/c1-14-37-88(6)69(103)58-43-63(99)92(10)61(47-110-39-15-2)67(101)87-65(48(5)16-3)73(107)90(8)46-64(100)91(9)57-26-19-18-22-38-96(72(57)106)59(41-50-27-31-52(32-28-50)77(80,81)82)70(104)89(7)45-62(98)86-56(34-30-49-29-33-54(55(79)40-49)78(83,84)85)68(102)97-44-53(111-17-4)42-60(97)71(105)95(13)76(35-23-36-76)75(109)94(12)66(74(108)93(58)11)51-24-20-21-25-51/h18-19,48-61,65-66H,14-17,20-47H2,1-13H3,(H,86,98)(H,87,101)/b19-18-/t48-,49?,50?,52?,53+,54?,55?,56-,57-,58-,59-,60-,61-,65-,66-/m0/s1. The first-order chi connectivity index (χ1) is 52.3. The highest BCUT2D eigenvalue weighted by Gasteiger charge is 2.57. The summed E-state index contributed by atoms with van der Waals surface area (Å²) < 4.78 is 97.1. The van der Waals surface area contributed by atoms with Crippen LogP contribution in [0.25, 0.3) is 0 Å². The number of amides is 12. The third kappa shape index (κ3) is 22.4. The first-order valence-corrected chi connectivity index (χ1v) is 40.6. The number of alkyl halides is 7. The van der Waals surface area contributed by atoms with Crippen molar-refractivity contribution < 1.29 is 93.4 Å². The van der Waals surface area contributed by atoms with E-state index in [1.165, 1.54) is 85.8 Å². The lowest BCUT2D eigenvalue weighted by molar-refractivity contribution is -0.184. The van der Waals surface area contributed by atoms with Gasteiger partial charge in [-0.2, -0.15) is 26.3 Å². The van der Waals surface area contributed by atoms with Crippen molar-refractivity contribution in [1.29, 1.82) is 0 Å². The van der Waals surface area contributed by atoms with Crippen molar-refractivity contribution in [2.45, 2.75) is 266 Å². The predicted octanol–water partition coefficient (Wildman–Crippen LogP) is 7.18. The van der Waals surface area contributed by atoms with E-state index in [4.69, 9.17) is 21.1 Å².